The number of hydrogen-bond donors (Lipinski definition) is 0. The van der Waals surface area contributed by atoms with Crippen molar-refractivity contribution in [3.05, 3.63) is 88.2 Å². The minimum absolute atomic E-state index is 0.0500. The number of ether oxygens (including phenoxy) is 1. The Hall–Kier alpha value is -3.47. The maximum atomic E-state index is 11.8. The molecule has 1 saturated carbocycles. The van der Waals surface area contributed by atoms with Crippen LogP contribution in [-0.2, 0) is 13.5 Å². The van der Waals surface area contributed by atoms with Gasteiger partial charge in [-0.3, -0.25) is 4.79 Å². The van der Waals surface area contributed by atoms with E-state index in [9.17, 15) is 4.79 Å². The van der Waals surface area contributed by atoms with Gasteiger partial charge in [-0.05, 0) is 53.1 Å². The Morgan fingerprint density at radius 2 is 1.91 bits per heavy atom. The molecule has 2 aromatic carbocycles. The van der Waals surface area contributed by atoms with Gasteiger partial charge in [0, 0.05) is 37.0 Å². The Morgan fingerprint density at radius 3 is 2.70 bits per heavy atom. The van der Waals surface area contributed by atoms with Crippen molar-refractivity contribution in [1.29, 1.82) is 0 Å². The van der Waals surface area contributed by atoms with Gasteiger partial charge in [-0.25, -0.2) is 4.98 Å². The van der Waals surface area contributed by atoms with Crippen LogP contribution in [-0.4, -0.2) is 21.1 Å². The number of aryl methyl sites for hydroxylation is 3. The minimum Gasteiger partial charge on any atom is -0.477 e. The van der Waals surface area contributed by atoms with Crippen LogP contribution in [0.25, 0.3) is 21.9 Å². The first kappa shape index (κ1) is 21.4. The summed E-state index contributed by atoms with van der Waals surface area (Å²) in [6, 6.07) is 16.6. The molecule has 1 aliphatic carbocycles. The molecule has 5 rings (SSSR count). The molecule has 5 heteroatoms. The molecule has 3 atom stereocenters. The normalized spacial score (nSPS) is 19.6. The van der Waals surface area contributed by atoms with Crippen molar-refractivity contribution in [2.75, 3.05) is 6.61 Å². The molecule has 168 valence electrons. The molecule has 1 aliphatic rings. The Morgan fingerprint density at radius 1 is 1.09 bits per heavy atom. The van der Waals surface area contributed by atoms with Gasteiger partial charge in [0.25, 0.3) is 0 Å². The molecule has 2 aromatic heterocycles. The van der Waals surface area contributed by atoms with Gasteiger partial charge in [0.15, 0.2) is 0 Å². The van der Waals surface area contributed by atoms with E-state index < -0.39 is 0 Å². The Kier molecular flexibility index (Phi) is 5.49. The average Bonchev–Trinajstić information content (AvgIpc) is 3.47. The van der Waals surface area contributed by atoms with Crippen LogP contribution in [0.2, 0.25) is 0 Å². The van der Waals surface area contributed by atoms with E-state index in [4.69, 9.17) is 4.74 Å². The van der Waals surface area contributed by atoms with Gasteiger partial charge in [0.05, 0.1) is 12.2 Å². The van der Waals surface area contributed by atoms with Crippen LogP contribution in [0.3, 0.4) is 0 Å². The highest BCUT2D eigenvalue weighted by molar-refractivity contribution is 5.87. The molecule has 0 radical (unpaired) electrons. The van der Waals surface area contributed by atoms with Gasteiger partial charge in [0.1, 0.15) is 5.82 Å². The summed E-state index contributed by atoms with van der Waals surface area (Å²) in [6.07, 6.45) is 4.60. The topological polar surface area (TPSA) is 57.0 Å². The van der Waals surface area contributed by atoms with E-state index in [-0.39, 0.29) is 5.56 Å². The number of hydrogen-bond acceptors (Lipinski definition) is 4. The molecule has 2 heterocycles. The lowest BCUT2D eigenvalue weighted by Crippen LogP contribution is -2.14. The van der Waals surface area contributed by atoms with Crippen molar-refractivity contribution in [3.63, 3.8) is 0 Å². The molecule has 4 aromatic rings. The van der Waals surface area contributed by atoms with Crippen molar-refractivity contribution in [2.24, 2.45) is 18.9 Å². The molecule has 3 unspecified atom stereocenters. The number of benzene rings is 2. The summed E-state index contributed by atoms with van der Waals surface area (Å²) >= 11 is 0. The summed E-state index contributed by atoms with van der Waals surface area (Å²) in [4.78, 5) is 20.7. The Balaban J connectivity index is 1.40. The summed E-state index contributed by atoms with van der Waals surface area (Å²) < 4.78 is 7.87. The molecule has 0 N–H and O–H groups in total. The van der Waals surface area contributed by atoms with Gasteiger partial charge >= 0.3 is 0 Å². The summed E-state index contributed by atoms with van der Waals surface area (Å²) in [5.74, 6) is 2.74. The summed E-state index contributed by atoms with van der Waals surface area (Å²) in [6.45, 7) is 7.03. The highest BCUT2D eigenvalue weighted by atomic mass is 16.5. The molecule has 0 aliphatic heterocycles. The molecule has 0 saturated heterocycles. The first-order valence-corrected chi connectivity index (χ1v) is 11.6. The first-order chi connectivity index (χ1) is 16.0. The van der Waals surface area contributed by atoms with Crippen LogP contribution >= 0.6 is 0 Å². The SMILES string of the molecule is CCc1c(C2C(C)C2COc2nc(C)ncc2-c2ccc(=O)n(C)c2)ccc2ccccc12. The van der Waals surface area contributed by atoms with Gasteiger partial charge in [-0.1, -0.05) is 50.2 Å². The van der Waals surface area contributed by atoms with Crippen molar-refractivity contribution in [2.45, 2.75) is 33.1 Å². The second-order valence-corrected chi connectivity index (χ2v) is 9.07. The third-order valence-corrected chi connectivity index (χ3v) is 7.04. The zero-order valence-corrected chi connectivity index (χ0v) is 19.6. The third-order valence-electron chi connectivity index (χ3n) is 7.04. The zero-order chi connectivity index (χ0) is 23.1. The fourth-order valence-electron chi connectivity index (χ4n) is 5.06. The quantitative estimate of drug-likeness (QED) is 0.409. The van der Waals surface area contributed by atoms with Crippen molar-refractivity contribution in [3.8, 4) is 17.0 Å². The first-order valence-electron chi connectivity index (χ1n) is 11.6. The number of nitrogens with zero attached hydrogens (tertiary/aromatic N) is 3. The minimum atomic E-state index is -0.0500. The van der Waals surface area contributed by atoms with Gasteiger partial charge < -0.3 is 9.30 Å². The highest BCUT2D eigenvalue weighted by Crippen LogP contribution is 2.55. The number of rotatable bonds is 6. The van der Waals surface area contributed by atoms with E-state index in [1.54, 1.807) is 36.1 Å². The van der Waals surface area contributed by atoms with Crippen molar-refractivity contribution in [1.82, 2.24) is 14.5 Å². The van der Waals surface area contributed by atoms with Crippen LogP contribution in [0.15, 0.2) is 65.7 Å². The van der Waals surface area contributed by atoms with Crippen LogP contribution in [0.4, 0.5) is 0 Å². The fourth-order valence-corrected chi connectivity index (χ4v) is 5.06. The van der Waals surface area contributed by atoms with Crippen LogP contribution in [0, 0.1) is 18.8 Å². The predicted octanol–water partition coefficient (Wildman–Crippen LogP) is 5.29. The molecule has 0 spiro atoms. The highest BCUT2D eigenvalue weighted by Gasteiger charge is 2.48. The van der Waals surface area contributed by atoms with Crippen molar-refractivity contribution >= 4 is 10.8 Å². The van der Waals surface area contributed by atoms with E-state index in [2.05, 4.69) is 60.2 Å². The largest absolute Gasteiger partial charge is 0.477 e. The number of aromatic nitrogens is 3. The van der Waals surface area contributed by atoms with E-state index >= 15 is 0 Å². The van der Waals surface area contributed by atoms with E-state index in [1.807, 2.05) is 6.92 Å². The Bertz CT molecular complexity index is 1390. The molecule has 0 bridgehead atoms. The average molecular weight is 440 g/mol. The maximum absolute atomic E-state index is 11.8. The zero-order valence-electron chi connectivity index (χ0n) is 19.6. The number of fused-ring (bicyclic) bond motifs is 1. The van der Waals surface area contributed by atoms with Crippen molar-refractivity contribution < 1.29 is 4.74 Å². The third kappa shape index (κ3) is 3.92. The summed E-state index contributed by atoms with van der Waals surface area (Å²) in [7, 11) is 1.74. The predicted molar refractivity (Wildman–Crippen MR) is 132 cm³/mol. The molecule has 1 fully saturated rings. The van der Waals surface area contributed by atoms with E-state index in [0.717, 1.165) is 17.5 Å². The van der Waals surface area contributed by atoms with E-state index in [1.165, 1.54) is 21.9 Å². The Labute approximate surface area is 194 Å². The smallest absolute Gasteiger partial charge is 0.250 e. The van der Waals surface area contributed by atoms with E-state index in [0.29, 0.717) is 36.1 Å². The monoisotopic (exact) mass is 439 g/mol. The lowest BCUT2D eigenvalue weighted by Gasteiger charge is -2.13. The lowest BCUT2D eigenvalue weighted by atomic mass is 9.93. The van der Waals surface area contributed by atoms with Crippen LogP contribution < -0.4 is 10.3 Å². The number of pyridine rings is 1. The second-order valence-electron chi connectivity index (χ2n) is 9.07. The molecular weight excluding hydrogens is 410 g/mol. The van der Waals surface area contributed by atoms with Crippen LogP contribution in [0.1, 0.15) is 36.7 Å². The van der Waals surface area contributed by atoms with Gasteiger partial charge in [0.2, 0.25) is 11.4 Å². The van der Waals surface area contributed by atoms with Crippen LogP contribution in [0.5, 0.6) is 5.88 Å². The molecule has 5 nitrogen and oxygen atoms in total. The fraction of sp³-hybridized carbons (Fsp3) is 0.321. The maximum Gasteiger partial charge on any atom is 0.250 e. The molecule has 33 heavy (non-hydrogen) atoms. The second kappa shape index (κ2) is 8.47. The lowest BCUT2D eigenvalue weighted by molar-refractivity contribution is 0.280. The molecular formula is C28H29N3O2. The molecule has 0 amide bonds. The van der Waals surface area contributed by atoms with Gasteiger partial charge in [-0.2, -0.15) is 4.98 Å². The summed E-state index contributed by atoms with van der Waals surface area (Å²) in [5, 5.41) is 2.66. The van der Waals surface area contributed by atoms with Gasteiger partial charge in [-0.15, -0.1) is 0 Å². The summed E-state index contributed by atoms with van der Waals surface area (Å²) in [5.41, 5.74) is 4.54. The standard InChI is InChI=1S/C28H29N3O2/c1-5-21-22-9-7-6-8-19(22)10-12-23(21)27-17(2)25(27)16-33-28-24(14-29-18(3)30-28)20-11-13-26(32)31(4)15-20/h6-15,17,25,27H,5,16H2,1-4H3.